The molecule has 0 aromatic heterocycles. The molecule has 27 heavy (non-hydrogen) atoms. The van der Waals surface area contributed by atoms with Gasteiger partial charge < -0.3 is 15.2 Å². The van der Waals surface area contributed by atoms with Crippen molar-refractivity contribution in [3.8, 4) is 5.75 Å². The quantitative estimate of drug-likeness (QED) is 0.718. The Bertz CT molecular complexity index is 653. The topological polar surface area (TPSA) is 58.6 Å². The number of carbonyl (C=O) groups is 1. The average Bonchev–Trinajstić information content (AvgIpc) is 2.42. The van der Waals surface area contributed by atoms with E-state index in [1.54, 1.807) is 5.32 Å². The smallest absolute Gasteiger partial charge is 0.406 e. The molecule has 0 aliphatic carbocycles. The molecule has 1 unspecified atom stereocenters. The fourth-order valence-electron chi connectivity index (χ4n) is 1.95. The van der Waals surface area contributed by atoms with Gasteiger partial charge in [0.1, 0.15) is 5.75 Å². The van der Waals surface area contributed by atoms with E-state index < -0.39 is 48.4 Å². The van der Waals surface area contributed by atoms with E-state index in [2.05, 4.69) is 4.74 Å². The minimum atomic E-state index is -6.17. The van der Waals surface area contributed by atoms with Gasteiger partial charge in [0.05, 0.1) is 12.5 Å². The minimum Gasteiger partial charge on any atom is -0.406 e. The van der Waals surface area contributed by atoms with Crippen LogP contribution in [0.4, 0.5) is 39.5 Å². The van der Waals surface area contributed by atoms with Gasteiger partial charge in [-0.25, -0.2) is 0 Å². The summed E-state index contributed by atoms with van der Waals surface area (Å²) in [5.41, 5.74) is -5.36. The van der Waals surface area contributed by atoms with E-state index in [0.717, 1.165) is 31.2 Å². The fourth-order valence-corrected chi connectivity index (χ4v) is 1.95. The zero-order valence-electron chi connectivity index (χ0n) is 13.3. The monoisotopic (exact) mass is 413 g/mol. The van der Waals surface area contributed by atoms with Gasteiger partial charge in [-0.05, 0) is 24.6 Å². The van der Waals surface area contributed by atoms with Crippen LogP contribution in [0.3, 0.4) is 0 Å². The van der Waals surface area contributed by atoms with Crippen LogP contribution in [0, 0.1) is 0 Å². The molecule has 13 heteroatoms. The van der Waals surface area contributed by atoms with Crippen LogP contribution < -0.4 is 10.1 Å². The second-order valence-electron chi connectivity index (χ2n) is 5.44. The van der Waals surface area contributed by atoms with Gasteiger partial charge in [-0.3, -0.25) is 4.79 Å². The number of hydrogen-bond donors (Lipinski definition) is 2. The van der Waals surface area contributed by atoms with Crippen LogP contribution in [0.2, 0.25) is 0 Å². The molecule has 0 bridgehead atoms. The summed E-state index contributed by atoms with van der Waals surface area (Å²) in [6.45, 7) is 1.10. The standard InChI is InChI=1S/C14H12F9NO3/c1-7(8-3-2-4-9(5-8)27-14(21,22)23)24-10(25)6-11(26,12(15,16)17)13(18,19)20/h2-5,7,26H,6H2,1H3,(H,24,25). The van der Waals surface area contributed by atoms with Crippen LogP contribution >= 0.6 is 0 Å². The van der Waals surface area contributed by atoms with Crippen molar-refractivity contribution < 1.29 is 54.2 Å². The molecule has 1 aromatic rings. The molecule has 2 N–H and O–H groups in total. The second kappa shape index (κ2) is 7.44. The van der Waals surface area contributed by atoms with Gasteiger partial charge in [-0.15, -0.1) is 13.2 Å². The summed E-state index contributed by atoms with van der Waals surface area (Å²) in [4.78, 5) is 11.6. The third kappa shape index (κ3) is 5.91. The van der Waals surface area contributed by atoms with Crippen molar-refractivity contribution in [1.29, 1.82) is 0 Å². The Morgan fingerprint density at radius 2 is 1.59 bits per heavy atom. The molecule has 0 radical (unpaired) electrons. The molecule has 0 aliphatic heterocycles. The van der Waals surface area contributed by atoms with Crippen molar-refractivity contribution in [2.24, 2.45) is 0 Å². The molecular weight excluding hydrogens is 401 g/mol. The Kier molecular flexibility index (Phi) is 6.30. The summed E-state index contributed by atoms with van der Waals surface area (Å²) in [6.07, 6.45) is -19.7. The number of nitrogens with one attached hydrogen (secondary N) is 1. The highest BCUT2D eigenvalue weighted by Gasteiger charge is 2.71. The summed E-state index contributed by atoms with van der Waals surface area (Å²) < 4.78 is 115. The highest BCUT2D eigenvalue weighted by molar-refractivity contribution is 5.77. The van der Waals surface area contributed by atoms with Crippen LogP contribution in [-0.4, -0.2) is 35.3 Å². The molecule has 0 saturated heterocycles. The Morgan fingerprint density at radius 1 is 1.07 bits per heavy atom. The molecular formula is C14H12F9NO3. The van der Waals surface area contributed by atoms with Crippen LogP contribution in [0.25, 0.3) is 0 Å². The maximum atomic E-state index is 12.6. The molecule has 0 aliphatic rings. The minimum absolute atomic E-state index is 0.0901. The molecule has 1 aromatic carbocycles. The predicted molar refractivity (Wildman–Crippen MR) is 71.4 cm³/mol. The predicted octanol–water partition coefficient (Wildman–Crippen LogP) is 4.01. The first-order valence-corrected chi connectivity index (χ1v) is 6.97. The molecule has 154 valence electrons. The Hall–Kier alpha value is -2.18. The van der Waals surface area contributed by atoms with Gasteiger partial charge >= 0.3 is 18.7 Å². The number of benzene rings is 1. The number of aliphatic hydroxyl groups is 1. The SMILES string of the molecule is CC(NC(=O)CC(O)(C(F)(F)F)C(F)(F)F)c1cccc(OC(F)(F)F)c1. The highest BCUT2D eigenvalue weighted by Crippen LogP contribution is 2.45. The molecule has 0 fully saturated rings. The van der Waals surface area contributed by atoms with Gasteiger partial charge in [0, 0.05) is 0 Å². The number of hydrogen-bond acceptors (Lipinski definition) is 3. The summed E-state index contributed by atoms with van der Waals surface area (Å²) in [6, 6.07) is 2.64. The van der Waals surface area contributed by atoms with Crippen LogP contribution in [-0.2, 0) is 4.79 Å². The Morgan fingerprint density at radius 3 is 2.04 bits per heavy atom. The van der Waals surface area contributed by atoms with Crippen molar-refractivity contribution in [3.05, 3.63) is 29.8 Å². The van der Waals surface area contributed by atoms with Gasteiger partial charge in [0.15, 0.2) is 0 Å². The summed E-state index contributed by atoms with van der Waals surface area (Å²) in [5.74, 6) is -2.52. The number of alkyl halides is 9. The summed E-state index contributed by atoms with van der Waals surface area (Å²) in [5, 5.41) is 10.7. The zero-order valence-corrected chi connectivity index (χ0v) is 13.3. The van der Waals surface area contributed by atoms with E-state index in [1.165, 1.54) is 0 Å². The van der Waals surface area contributed by atoms with Crippen molar-refractivity contribution in [2.45, 2.75) is 43.7 Å². The molecule has 0 spiro atoms. The Balaban J connectivity index is 2.92. The van der Waals surface area contributed by atoms with Crippen molar-refractivity contribution in [1.82, 2.24) is 5.32 Å². The van der Waals surface area contributed by atoms with Crippen LogP contribution in [0.15, 0.2) is 24.3 Å². The van der Waals surface area contributed by atoms with Gasteiger partial charge in [0.25, 0.3) is 5.60 Å². The van der Waals surface area contributed by atoms with E-state index in [1.807, 2.05) is 0 Å². The number of rotatable bonds is 5. The lowest BCUT2D eigenvalue weighted by atomic mass is 9.97. The third-order valence-corrected chi connectivity index (χ3v) is 3.32. The highest BCUT2D eigenvalue weighted by atomic mass is 19.4. The zero-order chi connectivity index (χ0) is 21.3. The fraction of sp³-hybridized carbons (Fsp3) is 0.500. The van der Waals surface area contributed by atoms with Crippen LogP contribution in [0.5, 0.6) is 5.75 Å². The first-order valence-electron chi connectivity index (χ1n) is 6.97. The van der Waals surface area contributed by atoms with Crippen molar-refractivity contribution in [2.75, 3.05) is 0 Å². The van der Waals surface area contributed by atoms with E-state index in [-0.39, 0.29) is 5.56 Å². The molecule has 0 saturated carbocycles. The lowest BCUT2D eigenvalue weighted by molar-refractivity contribution is -0.367. The Labute approximate surface area is 145 Å². The molecule has 1 rings (SSSR count). The molecule has 1 amide bonds. The molecule has 4 nitrogen and oxygen atoms in total. The van der Waals surface area contributed by atoms with E-state index in [0.29, 0.717) is 0 Å². The lowest BCUT2D eigenvalue weighted by Crippen LogP contribution is -2.59. The van der Waals surface area contributed by atoms with E-state index in [9.17, 15) is 44.3 Å². The van der Waals surface area contributed by atoms with Gasteiger partial charge in [-0.2, -0.15) is 26.3 Å². The van der Waals surface area contributed by atoms with Crippen molar-refractivity contribution in [3.63, 3.8) is 0 Å². The van der Waals surface area contributed by atoms with Crippen molar-refractivity contribution >= 4 is 5.91 Å². The van der Waals surface area contributed by atoms with E-state index in [4.69, 9.17) is 5.11 Å². The summed E-state index contributed by atoms with van der Waals surface area (Å²) >= 11 is 0. The first-order chi connectivity index (χ1) is 12.0. The number of carbonyl (C=O) groups excluding carboxylic acids is 1. The molecule has 0 heterocycles. The maximum absolute atomic E-state index is 12.6. The third-order valence-electron chi connectivity index (χ3n) is 3.32. The number of ether oxygens (including phenoxy) is 1. The normalized spacial score (nSPS) is 14.6. The molecule has 1 atom stereocenters. The second-order valence-corrected chi connectivity index (χ2v) is 5.44. The average molecular weight is 413 g/mol. The number of amides is 1. The largest absolute Gasteiger partial charge is 0.573 e. The van der Waals surface area contributed by atoms with E-state index >= 15 is 0 Å². The number of halogens is 9. The first kappa shape index (κ1) is 22.9. The van der Waals surface area contributed by atoms with Gasteiger partial charge in [-0.1, -0.05) is 12.1 Å². The maximum Gasteiger partial charge on any atom is 0.573 e. The summed E-state index contributed by atoms with van der Waals surface area (Å²) in [7, 11) is 0. The van der Waals surface area contributed by atoms with Crippen LogP contribution in [0.1, 0.15) is 24.9 Å². The van der Waals surface area contributed by atoms with Gasteiger partial charge in [0.2, 0.25) is 5.91 Å². The lowest BCUT2D eigenvalue weighted by Gasteiger charge is -2.32.